The SMILES string of the molecule is CC(NCC1(C)CC1)c1ccc(Br)cc1. The average Bonchev–Trinajstić information content (AvgIpc) is 2.95. The minimum atomic E-state index is 0.454. The maximum Gasteiger partial charge on any atom is 0.0292 e. The number of halogens is 1. The topological polar surface area (TPSA) is 12.0 Å². The number of nitrogens with one attached hydrogen (secondary N) is 1. The van der Waals surface area contributed by atoms with Crippen molar-refractivity contribution in [1.29, 1.82) is 0 Å². The molecule has 82 valence electrons. The lowest BCUT2D eigenvalue weighted by Crippen LogP contribution is -2.25. The van der Waals surface area contributed by atoms with Gasteiger partial charge in [0.25, 0.3) is 0 Å². The summed E-state index contributed by atoms with van der Waals surface area (Å²) in [6, 6.07) is 9.02. The average molecular weight is 268 g/mol. The van der Waals surface area contributed by atoms with Crippen LogP contribution in [0.2, 0.25) is 0 Å². The van der Waals surface area contributed by atoms with E-state index in [0.717, 1.165) is 11.0 Å². The van der Waals surface area contributed by atoms with Crippen LogP contribution in [-0.4, -0.2) is 6.54 Å². The van der Waals surface area contributed by atoms with Gasteiger partial charge in [-0.25, -0.2) is 0 Å². The van der Waals surface area contributed by atoms with E-state index in [1.54, 1.807) is 0 Å². The molecular formula is C13H18BrN. The third kappa shape index (κ3) is 3.05. The molecule has 0 aliphatic heterocycles. The first-order chi connectivity index (χ1) is 7.09. The van der Waals surface area contributed by atoms with Crippen LogP contribution in [0.25, 0.3) is 0 Å². The normalized spacial score (nSPS) is 19.9. The zero-order chi connectivity index (χ0) is 10.9. The third-order valence-corrected chi connectivity index (χ3v) is 3.84. The summed E-state index contributed by atoms with van der Waals surface area (Å²) < 4.78 is 1.15. The molecule has 1 aromatic carbocycles. The van der Waals surface area contributed by atoms with Crippen LogP contribution < -0.4 is 5.32 Å². The highest BCUT2D eigenvalue weighted by Crippen LogP contribution is 2.44. The summed E-state index contributed by atoms with van der Waals surface area (Å²) in [5.74, 6) is 0. The summed E-state index contributed by atoms with van der Waals surface area (Å²) >= 11 is 3.45. The van der Waals surface area contributed by atoms with Gasteiger partial charge in [-0.15, -0.1) is 0 Å². The number of hydrogen-bond donors (Lipinski definition) is 1. The number of rotatable bonds is 4. The van der Waals surface area contributed by atoms with Crippen LogP contribution in [0.3, 0.4) is 0 Å². The van der Waals surface area contributed by atoms with Gasteiger partial charge in [0, 0.05) is 17.1 Å². The molecule has 0 saturated heterocycles. The Hall–Kier alpha value is -0.340. The zero-order valence-corrected chi connectivity index (χ0v) is 11.0. The summed E-state index contributed by atoms with van der Waals surface area (Å²) in [5.41, 5.74) is 1.95. The lowest BCUT2D eigenvalue weighted by atomic mass is 10.1. The van der Waals surface area contributed by atoms with Crippen molar-refractivity contribution >= 4 is 15.9 Å². The lowest BCUT2D eigenvalue weighted by molar-refractivity contribution is 0.457. The van der Waals surface area contributed by atoms with E-state index < -0.39 is 0 Å². The van der Waals surface area contributed by atoms with Gasteiger partial charge in [-0.2, -0.15) is 0 Å². The van der Waals surface area contributed by atoms with Gasteiger partial charge in [0.05, 0.1) is 0 Å². The van der Waals surface area contributed by atoms with Crippen LogP contribution in [0, 0.1) is 5.41 Å². The lowest BCUT2D eigenvalue weighted by Gasteiger charge is -2.17. The second-order valence-corrected chi connectivity index (χ2v) is 5.88. The first-order valence-electron chi connectivity index (χ1n) is 5.58. The van der Waals surface area contributed by atoms with Crippen molar-refractivity contribution in [2.45, 2.75) is 32.7 Å². The zero-order valence-electron chi connectivity index (χ0n) is 9.39. The molecule has 1 aromatic rings. The predicted molar refractivity (Wildman–Crippen MR) is 67.9 cm³/mol. The Balaban J connectivity index is 1.89. The van der Waals surface area contributed by atoms with Gasteiger partial charge in [0.15, 0.2) is 0 Å². The van der Waals surface area contributed by atoms with E-state index in [9.17, 15) is 0 Å². The van der Waals surface area contributed by atoms with Crippen LogP contribution in [0.4, 0.5) is 0 Å². The highest BCUT2D eigenvalue weighted by molar-refractivity contribution is 9.10. The largest absolute Gasteiger partial charge is 0.310 e. The molecule has 0 heterocycles. The van der Waals surface area contributed by atoms with Crippen molar-refractivity contribution in [1.82, 2.24) is 5.32 Å². The van der Waals surface area contributed by atoms with Gasteiger partial charge in [-0.3, -0.25) is 0 Å². The Morgan fingerprint density at radius 2 is 1.93 bits per heavy atom. The minimum Gasteiger partial charge on any atom is -0.310 e. The van der Waals surface area contributed by atoms with Crippen molar-refractivity contribution in [3.63, 3.8) is 0 Å². The van der Waals surface area contributed by atoms with E-state index in [0.29, 0.717) is 11.5 Å². The molecule has 1 unspecified atom stereocenters. The van der Waals surface area contributed by atoms with Crippen LogP contribution in [-0.2, 0) is 0 Å². The molecule has 0 radical (unpaired) electrons. The van der Waals surface area contributed by atoms with Crippen molar-refractivity contribution in [2.75, 3.05) is 6.54 Å². The van der Waals surface area contributed by atoms with E-state index in [1.807, 2.05) is 0 Å². The molecule has 0 amide bonds. The van der Waals surface area contributed by atoms with Crippen molar-refractivity contribution in [3.8, 4) is 0 Å². The standard InChI is InChI=1S/C13H18BrN/c1-10(15-9-13(2)7-8-13)11-3-5-12(14)6-4-11/h3-6,10,15H,7-9H2,1-2H3. The van der Waals surface area contributed by atoms with E-state index in [1.165, 1.54) is 18.4 Å². The van der Waals surface area contributed by atoms with Crippen LogP contribution in [0.5, 0.6) is 0 Å². The van der Waals surface area contributed by atoms with Crippen molar-refractivity contribution < 1.29 is 0 Å². The Morgan fingerprint density at radius 1 is 1.33 bits per heavy atom. The Labute approximate surface area is 100 Å². The molecule has 1 aliphatic rings. The first-order valence-corrected chi connectivity index (χ1v) is 6.37. The first kappa shape index (κ1) is 11.2. The maximum atomic E-state index is 3.61. The predicted octanol–water partition coefficient (Wildman–Crippen LogP) is 3.90. The fourth-order valence-electron chi connectivity index (χ4n) is 1.66. The van der Waals surface area contributed by atoms with Crippen LogP contribution in [0.1, 0.15) is 38.3 Å². The van der Waals surface area contributed by atoms with E-state index in [4.69, 9.17) is 0 Å². The molecule has 1 fully saturated rings. The van der Waals surface area contributed by atoms with Gasteiger partial charge in [0.2, 0.25) is 0 Å². The molecule has 0 bridgehead atoms. The molecule has 2 heteroatoms. The van der Waals surface area contributed by atoms with Crippen molar-refractivity contribution in [2.24, 2.45) is 5.41 Å². The van der Waals surface area contributed by atoms with Gasteiger partial charge in [0.1, 0.15) is 0 Å². The number of benzene rings is 1. The highest BCUT2D eigenvalue weighted by Gasteiger charge is 2.36. The molecule has 0 aromatic heterocycles. The second kappa shape index (κ2) is 4.26. The summed E-state index contributed by atoms with van der Waals surface area (Å²) in [6.07, 6.45) is 2.76. The third-order valence-electron chi connectivity index (χ3n) is 3.31. The molecule has 1 N–H and O–H groups in total. The summed E-state index contributed by atoms with van der Waals surface area (Å²) in [6.45, 7) is 5.73. The highest BCUT2D eigenvalue weighted by atomic mass is 79.9. The molecule has 1 nitrogen and oxygen atoms in total. The van der Waals surface area contributed by atoms with Crippen molar-refractivity contribution in [3.05, 3.63) is 34.3 Å². The summed E-state index contributed by atoms with van der Waals surface area (Å²) in [5, 5.41) is 3.61. The summed E-state index contributed by atoms with van der Waals surface area (Å²) in [4.78, 5) is 0. The fourth-order valence-corrected chi connectivity index (χ4v) is 1.92. The van der Waals surface area contributed by atoms with Crippen LogP contribution in [0.15, 0.2) is 28.7 Å². The van der Waals surface area contributed by atoms with E-state index in [2.05, 4.69) is 59.4 Å². The monoisotopic (exact) mass is 267 g/mol. The van der Waals surface area contributed by atoms with Gasteiger partial charge in [-0.1, -0.05) is 35.0 Å². The molecular weight excluding hydrogens is 250 g/mol. The molecule has 1 saturated carbocycles. The Bertz CT molecular complexity index is 327. The Kier molecular flexibility index (Phi) is 3.17. The molecule has 1 atom stereocenters. The van der Waals surface area contributed by atoms with E-state index in [-0.39, 0.29) is 0 Å². The molecule has 1 aliphatic carbocycles. The number of hydrogen-bond acceptors (Lipinski definition) is 1. The second-order valence-electron chi connectivity index (χ2n) is 4.96. The van der Waals surface area contributed by atoms with Gasteiger partial charge in [-0.05, 0) is 42.9 Å². The quantitative estimate of drug-likeness (QED) is 0.873. The summed E-state index contributed by atoms with van der Waals surface area (Å²) in [7, 11) is 0. The molecule has 2 rings (SSSR count). The Morgan fingerprint density at radius 3 is 2.47 bits per heavy atom. The maximum absolute atomic E-state index is 3.61. The minimum absolute atomic E-state index is 0.454. The molecule has 15 heavy (non-hydrogen) atoms. The fraction of sp³-hybridized carbons (Fsp3) is 0.538. The molecule has 0 spiro atoms. The van der Waals surface area contributed by atoms with Gasteiger partial charge >= 0.3 is 0 Å². The van der Waals surface area contributed by atoms with E-state index >= 15 is 0 Å². The smallest absolute Gasteiger partial charge is 0.0292 e. The van der Waals surface area contributed by atoms with Crippen LogP contribution >= 0.6 is 15.9 Å². The van der Waals surface area contributed by atoms with Gasteiger partial charge < -0.3 is 5.32 Å².